The van der Waals surface area contributed by atoms with Crippen molar-refractivity contribution < 1.29 is 19.4 Å². The van der Waals surface area contributed by atoms with Crippen LogP contribution in [0.25, 0.3) is 0 Å². The van der Waals surface area contributed by atoms with Gasteiger partial charge in [-0.2, -0.15) is 0 Å². The average molecular weight is 325 g/mol. The van der Waals surface area contributed by atoms with Crippen LogP contribution < -0.4 is 5.32 Å². The lowest BCUT2D eigenvalue weighted by atomic mass is 10.2. The molecule has 2 atom stereocenters. The number of carbonyl (C=O) groups is 1. The minimum absolute atomic E-state index is 0. The summed E-state index contributed by atoms with van der Waals surface area (Å²) in [7, 11) is 1.72. The Balaban J connectivity index is 0.00000400. The normalized spacial score (nSPS) is 19.4. The molecular formula is C14H29ClN2O4. The van der Waals surface area contributed by atoms with Crippen LogP contribution in [0.1, 0.15) is 26.7 Å². The highest BCUT2D eigenvalue weighted by atomic mass is 35.5. The summed E-state index contributed by atoms with van der Waals surface area (Å²) in [6.07, 6.45) is 1.43. The maximum atomic E-state index is 12.0. The number of halogens is 1. The quantitative estimate of drug-likeness (QED) is 0.602. The molecule has 0 aliphatic carbocycles. The minimum atomic E-state index is -0.663. The van der Waals surface area contributed by atoms with Gasteiger partial charge in [0.2, 0.25) is 5.91 Å². The van der Waals surface area contributed by atoms with Crippen molar-refractivity contribution in [3.8, 4) is 0 Å². The van der Waals surface area contributed by atoms with Crippen molar-refractivity contribution in [1.82, 2.24) is 10.2 Å². The highest BCUT2D eigenvalue weighted by molar-refractivity contribution is 5.85. The van der Waals surface area contributed by atoms with E-state index in [4.69, 9.17) is 9.47 Å². The molecule has 1 rings (SSSR count). The molecular weight excluding hydrogens is 296 g/mol. The molecule has 126 valence electrons. The summed E-state index contributed by atoms with van der Waals surface area (Å²) in [5.41, 5.74) is 0. The van der Waals surface area contributed by atoms with Gasteiger partial charge in [0.1, 0.15) is 0 Å². The molecule has 1 fully saturated rings. The fourth-order valence-electron chi connectivity index (χ4n) is 2.18. The van der Waals surface area contributed by atoms with Gasteiger partial charge in [-0.05, 0) is 33.2 Å². The van der Waals surface area contributed by atoms with Crippen molar-refractivity contribution in [2.75, 3.05) is 40.0 Å². The van der Waals surface area contributed by atoms with E-state index in [1.54, 1.807) is 11.9 Å². The highest BCUT2D eigenvalue weighted by Gasteiger charge is 2.25. The van der Waals surface area contributed by atoms with Gasteiger partial charge in [0.25, 0.3) is 0 Å². The van der Waals surface area contributed by atoms with Crippen molar-refractivity contribution in [3.63, 3.8) is 0 Å². The van der Waals surface area contributed by atoms with Crippen LogP contribution in [0, 0.1) is 0 Å². The largest absolute Gasteiger partial charge is 0.389 e. The Morgan fingerprint density at radius 2 is 2.14 bits per heavy atom. The molecule has 6 nitrogen and oxygen atoms in total. The Labute approximate surface area is 133 Å². The van der Waals surface area contributed by atoms with Gasteiger partial charge in [0, 0.05) is 13.6 Å². The lowest BCUT2D eigenvalue weighted by Crippen LogP contribution is -2.45. The Kier molecular flexibility index (Phi) is 11.0. The molecule has 2 N–H and O–H groups in total. The van der Waals surface area contributed by atoms with E-state index in [9.17, 15) is 9.90 Å². The average Bonchev–Trinajstić information content (AvgIpc) is 2.90. The Morgan fingerprint density at radius 1 is 1.43 bits per heavy atom. The van der Waals surface area contributed by atoms with E-state index >= 15 is 0 Å². The van der Waals surface area contributed by atoms with E-state index < -0.39 is 6.10 Å². The third-order valence-corrected chi connectivity index (χ3v) is 3.21. The van der Waals surface area contributed by atoms with Gasteiger partial charge in [0.05, 0.1) is 38.1 Å². The first-order valence-electron chi connectivity index (χ1n) is 7.36. The summed E-state index contributed by atoms with van der Waals surface area (Å²) in [6.45, 7) is 6.31. The van der Waals surface area contributed by atoms with E-state index in [2.05, 4.69) is 5.32 Å². The predicted octanol–water partition coefficient (Wildman–Crippen LogP) is 0.421. The lowest BCUT2D eigenvalue weighted by molar-refractivity contribution is -0.133. The van der Waals surface area contributed by atoms with Gasteiger partial charge in [-0.25, -0.2) is 0 Å². The van der Waals surface area contributed by atoms with Gasteiger partial charge in [-0.3, -0.25) is 4.79 Å². The van der Waals surface area contributed by atoms with Crippen LogP contribution in [0.5, 0.6) is 0 Å². The summed E-state index contributed by atoms with van der Waals surface area (Å²) >= 11 is 0. The van der Waals surface area contributed by atoms with E-state index in [0.29, 0.717) is 19.8 Å². The second kappa shape index (κ2) is 11.2. The molecule has 0 spiro atoms. The molecule has 21 heavy (non-hydrogen) atoms. The number of aliphatic hydroxyl groups is 1. The number of carbonyl (C=O) groups excluding carboxylic acids is 1. The zero-order valence-corrected chi connectivity index (χ0v) is 14.0. The maximum Gasteiger partial charge on any atom is 0.239 e. The van der Waals surface area contributed by atoms with Gasteiger partial charge in [0.15, 0.2) is 0 Å². The molecule has 1 saturated heterocycles. The second-order valence-electron chi connectivity index (χ2n) is 5.52. The second-order valence-corrected chi connectivity index (χ2v) is 5.52. The molecule has 1 aliphatic heterocycles. The topological polar surface area (TPSA) is 71.0 Å². The number of ether oxygens (including phenoxy) is 2. The van der Waals surface area contributed by atoms with Crippen LogP contribution in [-0.4, -0.2) is 74.1 Å². The van der Waals surface area contributed by atoms with Gasteiger partial charge >= 0.3 is 0 Å². The first-order valence-corrected chi connectivity index (χ1v) is 7.36. The zero-order valence-electron chi connectivity index (χ0n) is 13.2. The predicted molar refractivity (Wildman–Crippen MR) is 83.8 cm³/mol. The minimum Gasteiger partial charge on any atom is -0.389 e. The molecule has 0 radical (unpaired) electrons. The number of hydrogen-bond acceptors (Lipinski definition) is 5. The first kappa shape index (κ1) is 20.6. The van der Waals surface area contributed by atoms with Gasteiger partial charge < -0.3 is 24.8 Å². The van der Waals surface area contributed by atoms with Crippen molar-refractivity contribution in [2.45, 2.75) is 44.9 Å². The number of nitrogens with zero attached hydrogens (tertiary/aromatic N) is 1. The monoisotopic (exact) mass is 324 g/mol. The summed E-state index contributed by atoms with van der Waals surface area (Å²) in [6, 6.07) is -0.0902. The fourth-order valence-corrected chi connectivity index (χ4v) is 2.18. The highest BCUT2D eigenvalue weighted by Crippen LogP contribution is 2.08. The molecule has 0 aromatic rings. The van der Waals surface area contributed by atoms with Crippen LogP contribution in [0.2, 0.25) is 0 Å². The molecule has 0 saturated carbocycles. The van der Waals surface area contributed by atoms with Crippen LogP contribution in [0.15, 0.2) is 0 Å². The number of aliphatic hydroxyl groups excluding tert-OH is 1. The molecule has 0 aromatic heterocycles. The molecule has 7 heteroatoms. The molecule has 2 unspecified atom stereocenters. The Morgan fingerprint density at radius 3 is 2.71 bits per heavy atom. The van der Waals surface area contributed by atoms with E-state index in [1.807, 2.05) is 13.8 Å². The van der Waals surface area contributed by atoms with Crippen LogP contribution in [0.3, 0.4) is 0 Å². The maximum absolute atomic E-state index is 12.0. The number of nitrogens with one attached hydrogen (secondary N) is 1. The molecule has 0 aromatic carbocycles. The van der Waals surface area contributed by atoms with E-state index in [-0.39, 0.29) is 37.1 Å². The molecule has 1 aliphatic rings. The SMILES string of the molecule is CC(C)OCCOCC(O)CN(C)C(=O)C1CCCN1.Cl. The number of hydrogen-bond donors (Lipinski definition) is 2. The standard InChI is InChI=1S/C14H28N2O4.ClH/c1-11(2)20-8-7-19-10-12(17)9-16(3)14(18)13-5-4-6-15-13;/h11-13,15,17H,4-10H2,1-3H3;1H. The van der Waals surface area contributed by atoms with E-state index in [1.165, 1.54) is 0 Å². The van der Waals surface area contributed by atoms with Crippen molar-refractivity contribution in [1.29, 1.82) is 0 Å². The summed E-state index contributed by atoms with van der Waals surface area (Å²) < 4.78 is 10.7. The molecule has 1 heterocycles. The van der Waals surface area contributed by atoms with Gasteiger partial charge in [-0.1, -0.05) is 0 Å². The van der Waals surface area contributed by atoms with E-state index in [0.717, 1.165) is 19.4 Å². The third kappa shape index (κ3) is 8.58. The summed E-state index contributed by atoms with van der Waals surface area (Å²) in [5.74, 6) is 0.0460. The number of likely N-dealkylation sites (N-methyl/N-ethyl adjacent to an activating group) is 1. The smallest absolute Gasteiger partial charge is 0.239 e. The fraction of sp³-hybridized carbons (Fsp3) is 0.929. The van der Waals surface area contributed by atoms with Gasteiger partial charge in [-0.15, -0.1) is 12.4 Å². The summed E-state index contributed by atoms with van der Waals surface area (Å²) in [5, 5.41) is 13.0. The molecule has 1 amide bonds. The Bertz CT molecular complexity index is 286. The van der Waals surface area contributed by atoms with Crippen molar-refractivity contribution in [2.24, 2.45) is 0 Å². The number of amides is 1. The van der Waals surface area contributed by atoms with Crippen molar-refractivity contribution >= 4 is 18.3 Å². The zero-order chi connectivity index (χ0) is 15.0. The Hall–Kier alpha value is -0.400. The lowest BCUT2D eigenvalue weighted by Gasteiger charge is -2.23. The number of rotatable bonds is 9. The van der Waals surface area contributed by atoms with Crippen molar-refractivity contribution in [3.05, 3.63) is 0 Å². The first-order chi connectivity index (χ1) is 9.50. The molecule has 0 bridgehead atoms. The van der Waals surface area contributed by atoms with Crippen LogP contribution in [-0.2, 0) is 14.3 Å². The van der Waals surface area contributed by atoms with Crippen LogP contribution >= 0.6 is 12.4 Å². The summed E-state index contributed by atoms with van der Waals surface area (Å²) in [4.78, 5) is 13.6. The van der Waals surface area contributed by atoms with Crippen LogP contribution in [0.4, 0.5) is 0 Å². The third-order valence-electron chi connectivity index (χ3n) is 3.21.